The van der Waals surface area contributed by atoms with E-state index in [4.69, 9.17) is 0 Å². The third-order valence-electron chi connectivity index (χ3n) is 1.73. The van der Waals surface area contributed by atoms with E-state index in [9.17, 15) is 0 Å². The van der Waals surface area contributed by atoms with Gasteiger partial charge in [0.2, 0.25) is 0 Å². The molecule has 0 unspecified atom stereocenters. The zero-order chi connectivity index (χ0) is 9.26. The Labute approximate surface area is 97.9 Å². The molecule has 13 heavy (non-hydrogen) atoms. The van der Waals surface area contributed by atoms with E-state index >= 15 is 0 Å². The summed E-state index contributed by atoms with van der Waals surface area (Å²) in [5.41, 5.74) is 2.51. The summed E-state index contributed by atoms with van der Waals surface area (Å²) < 4.78 is 2.29. The van der Waals surface area contributed by atoms with E-state index in [1.165, 1.54) is 14.9 Å². The first-order valence-electron chi connectivity index (χ1n) is 3.76. The molecule has 0 amide bonds. The van der Waals surface area contributed by atoms with Crippen LogP contribution in [0.2, 0.25) is 0 Å². The number of thiophene rings is 1. The molecular weight excluding hydrogens is 312 g/mol. The maximum absolute atomic E-state index is 3.46. The van der Waals surface area contributed by atoms with Crippen LogP contribution < -0.4 is 0 Å². The molecule has 0 radical (unpaired) electrons. The molecule has 0 aliphatic rings. The smallest absolute Gasteiger partial charge is 0.0704 e. The zero-order valence-electron chi connectivity index (χ0n) is 6.63. The van der Waals surface area contributed by atoms with Crippen LogP contribution in [0.5, 0.6) is 0 Å². The van der Waals surface area contributed by atoms with Gasteiger partial charge in [-0.1, -0.05) is 28.1 Å². The van der Waals surface area contributed by atoms with Crippen LogP contribution in [0.15, 0.2) is 44.0 Å². The van der Waals surface area contributed by atoms with Gasteiger partial charge in [-0.25, -0.2) is 0 Å². The molecular formula is C10H6Br2S. The highest BCUT2D eigenvalue weighted by molar-refractivity contribution is 9.11. The molecule has 0 aliphatic heterocycles. The predicted molar refractivity (Wildman–Crippen MR) is 65.2 cm³/mol. The van der Waals surface area contributed by atoms with Crippen molar-refractivity contribution in [3.63, 3.8) is 0 Å². The van der Waals surface area contributed by atoms with Crippen LogP contribution in [0.1, 0.15) is 0 Å². The standard InChI is InChI=1S/C10H6Br2S/c11-9-3-1-2-7(4-9)8-5-10(12)13-6-8/h1-6H. The quantitative estimate of drug-likeness (QED) is 0.699. The van der Waals surface area contributed by atoms with E-state index in [-0.39, 0.29) is 0 Å². The summed E-state index contributed by atoms with van der Waals surface area (Å²) in [7, 11) is 0. The van der Waals surface area contributed by atoms with Crippen molar-refractivity contribution in [2.75, 3.05) is 0 Å². The number of halogens is 2. The van der Waals surface area contributed by atoms with Gasteiger partial charge in [0, 0.05) is 4.47 Å². The van der Waals surface area contributed by atoms with Crippen LogP contribution in [0.25, 0.3) is 11.1 Å². The fraction of sp³-hybridized carbons (Fsp3) is 0. The predicted octanol–water partition coefficient (Wildman–Crippen LogP) is 4.94. The molecule has 0 N–H and O–H groups in total. The third kappa shape index (κ3) is 2.22. The molecule has 1 aromatic carbocycles. The van der Waals surface area contributed by atoms with Gasteiger partial charge in [0.15, 0.2) is 0 Å². The fourth-order valence-electron chi connectivity index (χ4n) is 1.13. The average Bonchev–Trinajstić information content (AvgIpc) is 2.52. The first-order valence-corrected chi connectivity index (χ1v) is 6.22. The monoisotopic (exact) mass is 316 g/mol. The summed E-state index contributed by atoms with van der Waals surface area (Å²) in [6, 6.07) is 10.4. The second kappa shape index (κ2) is 3.95. The van der Waals surface area contributed by atoms with Gasteiger partial charge in [-0.3, -0.25) is 0 Å². The molecule has 0 saturated heterocycles. The van der Waals surface area contributed by atoms with Crippen molar-refractivity contribution >= 4 is 43.2 Å². The minimum Gasteiger partial charge on any atom is -0.136 e. The average molecular weight is 318 g/mol. The Morgan fingerprint density at radius 2 is 1.85 bits per heavy atom. The van der Waals surface area contributed by atoms with Crippen LogP contribution >= 0.6 is 43.2 Å². The van der Waals surface area contributed by atoms with E-state index in [0.717, 1.165) is 4.47 Å². The van der Waals surface area contributed by atoms with Gasteiger partial charge in [-0.15, -0.1) is 11.3 Å². The largest absolute Gasteiger partial charge is 0.136 e. The highest BCUT2D eigenvalue weighted by Crippen LogP contribution is 2.30. The minimum atomic E-state index is 1.12. The summed E-state index contributed by atoms with van der Waals surface area (Å²) in [5.74, 6) is 0. The second-order valence-corrected chi connectivity index (χ2v) is 5.86. The summed E-state index contributed by atoms with van der Waals surface area (Å²) in [5, 5.41) is 2.14. The summed E-state index contributed by atoms with van der Waals surface area (Å²) >= 11 is 8.62. The molecule has 0 aliphatic carbocycles. The number of rotatable bonds is 1. The first-order chi connectivity index (χ1) is 6.25. The van der Waals surface area contributed by atoms with E-state index in [0.29, 0.717) is 0 Å². The zero-order valence-corrected chi connectivity index (χ0v) is 10.6. The van der Waals surface area contributed by atoms with Crippen molar-refractivity contribution in [1.82, 2.24) is 0 Å². The van der Waals surface area contributed by atoms with E-state index in [1.807, 2.05) is 12.1 Å². The van der Waals surface area contributed by atoms with Crippen molar-refractivity contribution in [1.29, 1.82) is 0 Å². The maximum atomic E-state index is 3.46. The number of benzene rings is 1. The van der Waals surface area contributed by atoms with Gasteiger partial charge in [0.1, 0.15) is 0 Å². The van der Waals surface area contributed by atoms with Gasteiger partial charge in [-0.05, 0) is 50.6 Å². The van der Waals surface area contributed by atoms with Crippen LogP contribution in [0, 0.1) is 0 Å². The topological polar surface area (TPSA) is 0 Å². The Morgan fingerprint density at radius 3 is 2.46 bits per heavy atom. The van der Waals surface area contributed by atoms with Crippen molar-refractivity contribution in [2.45, 2.75) is 0 Å². The van der Waals surface area contributed by atoms with Crippen molar-refractivity contribution in [3.8, 4) is 11.1 Å². The molecule has 0 nitrogen and oxygen atoms in total. The summed E-state index contributed by atoms with van der Waals surface area (Å²) in [6.45, 7) is 0. The SMILES string of the molecule is Brc1cccc(-c2csc(Br)c2)c1. The van der Waals surface area contributed by atoms with Crippen LogP contribution in [0.3, 0.4) is 0 Å². The van der Waals surface area contributed by atoms with E-state index in [1.54, 1.807) is 11.3 Å². The number of hydrogen-bond acceptors (Lipinski definition) is 1. The summed E-state index contributed by atoms with van der Waals surface area (Å²) in [6.07, 6.45) is 0. The fourth-order valence-corrected chi connectivity index (χ4v) is 2.69. The molecule has 66 valence electrons. The molecule has 2 aromatic rings. The Kier molecular flexibility index (Phi) is 2.86. The molecule has 0 bridgehead atoms. The van der Waals surface area contributed by atoms with Crippen molar-refractivity contribution in [3.05, 3.63) is 44.0 Å². The molecule has 2 rings (SSSR count). The van der Waals surface area contributed by atoms with E-state index < -0.39 is 0 Å². The molecule has 1 heterocycles. The Morgan fingerprint density at radius 1 is 1.00 bits per heavy atom. The highest BCUT2D eigenvalue weighted by atomic mass is 79.9. The Bertz CT molecular complexity index is 420. The minimum absolute atomic E-state index is 1.12. The molecule has 0 spiro atoms. The van der Waals surface area contributed by atoms with Gasteiger partial charge in [0.25, 0.3) is 0 Å². The van der Waals surface area contributed by atoms with Gasteiger partial charge >= 0.3 is 0 Å². The molecule has 0 saturated carbocycles. The van der Waals surface area contributed by atoms with Gasteiger partial charge < -0.3 is 0 Å². The lowest BCUT2D eigenvalue weighted by molar-refractivity contribution is 1.63. The van der Waals surface area contributed by atoms with Crippen LogP contribution in [-0.2, 0) is 0 Å². The second-order valence-electron chi connectivity index (χ2n) is 2.65. The van der Waals surface area contributed by atoms with Gasteiger partial charge in [-0.2, -0.15) is 0 Å². The van der Waals surface area contributed by atoms with E-state index in [2.05, 4.69) is 55.4 Å². The van der Waals surface area contributed by atoms with Crippen molar-refractivity contribution in [2.24, 2.45) is 0 Å². The van der Waals surface area contributed by atoms with Gasteiger partial charge in [0.05, 0.1) is 3.79 Å². The maximum Gasteiger partial charge on any atom is 0.0704 e. The third-order valence-corrected chi connectivity index (χ3v) is 3.72. The number of hydrogen-bond donors (Lipinski definition) is 0. The lowest BCUT2D eigenvalue weighted by Crippen LogP contribution is -1.72. The lowest BCUT2D eigenvalue weighted by atomic mass is 10.1. The molecule has 3 heteroatoms. The van der Waals surface area contributed by atoms with Crippen LogP contribution in [0.4, 0.5) is 0 Å². The first kappa shape index (κ1) is 9.44. The molecule has 0 atom stereocenters. The summed E-state index contributed by atoms with van der Waals surface area (Å²) in [4.78, 5) is 0. The van der Waals surface area contributed by atoms with Crippen LogP contribution in [-0.4, -0.2) is 0 Å². The lowest BCUT2D eigenvalue weighted by Gasteiger charge is -1.97. The molecule has 0 fully saturated rings. The normalized spacial score (nSPS) is 10.3. The Hall–Kier alpha value is -0.120. The Balaban J connectivity index is 2.46. The van der Waals surface area contributed by atoms with Crippen molar-refractivity contribution < 1.29 is 0 Å². The molecule has 1 aromatic heterocycles. The highest BCUT2D eigenvalue weighted by Gasteiger charge is 2.00.